The molecule has 0 aromatic heterocycles. The Hall–Kier alpha value is -1.12. The number of nitrogens with one attached hydrogen (secondary N) is 1. The van der Waals surface area contributed by atoms with Gasteiger partial charge in [0, 0.05) is 6.54 Å². The molecule has 14 heavy (non-hydrogen) atoms. The van der Waals surface area contributed by atoms with Crippen LogP contribution in [0, 0.1) is 11.3 Å². The summed E-state index contributed by atoms with van der Waals surface area (Å²) in [5.41, 5.74) is 0. The zero-order valence-electron chi connectivity index (χ0n) is 8.66. The molecule has 0 aromatic carbocycles. The van der Waals surface area contributed by atoms with Crippen LogP contribution in [0.5, 0.6) is 0 Å². The molecule has 0 aromatic rings. The number of carbonyl (C=O) groups is 1. The lowest BCUT2D eigenvalue weighted by Crippen LogP contribution is -2.36. The largest absolute Gasteiger partial charge is 0.393 e. The van der Waals surface area contributed by atoms with Gasteiger partial charge in [0.2, 0.25) is 5.91 Å². The van der Waals surface area contributed by atoms with Crippen molar-refractivity contribution in [2.75, 3.05) is 26.7 Å². The molecule has 0 spiro atoms. The van der Waals surface area contributed by atoms with Crippen molar-refractivity contribution >= 4 is 5.91 Å². The molecular weight excluding hydrogens is 182 g/mol. The van der Waals surface area contributed by atoms with Crippen molar-refractivity contribution in [3.8, 4) is 6.07 Å². The predicted molar refractivity (Wildman–Crippen MR) is 52.4 cm³/mol. The van der Waals surface area contributed by atoms with Gasteiger partial charge >= 0.3 is 0 Å². The summed E-state index contributed by atoms with van der Waals surface area (Å²) < 4.78 is 0. The van der Waals surface area contributed by atoms with E-state index in [1.807, 2.05) is 6.07 Å². The predicted octanol–water partition coefficient (Wildman–Crippen LogP) is -0.671. The van der Waals surface area contributed by atoms with Gasteiger partial charge in [-0.25, -0.2) is 0 Å². The molecule has 0 aliphatic heterocycles. The lowest BCUT2D eigenvalue weighted by Gasteiger charge is -2.16. The molecule has 0 bridgehead atoms. The van der Waals surface area contributed by atoms with Crippen molar-refractivity contribution in [3.63, 3.8) is 0 Å². The van der Waals surface area contributed by atoms with E-state index in [0.29, 0.717) is 13.0 Å². The average molecular weight is 199 g/mol. The quantitative estimate of drug-likeness (QED) is 0.556. The monoisotopic (exact) mass is 199 g/mol. The average Bonchev–Trinajstić information content (AvgIpc) is 2.11. The number of rotatable bonds is 6. The number of amides is 1. The molecule has 0 saturated carbocycles. The molecule has 1 atom stereocenters. The fraction of sp³-hybridized carbons (Fsp3) is 0.778. The topological polar surface area (TPSA) is 76.4 Å². The first-order chi connectivity index (χ1) is 6.56. The Morgan fingerprint density at radius 2 is 2.36 bits per heavy atom. The number of aliphatic hydroxyl groups is 1. The SMILES string of the molecule is CC(O)CCN(C)CC(=O)NCC#N. The van der Waals surface area contributed by atoms with E-state index in [9.17, 15) is 4.79 Å². The van der Waals surface area contributed by atoms with E-state index in [-0.39, 0.29) is 25.1 Å². The molecular formula is C9H17N3O2. The van der Waals surface area contributed by atoms with Crippen LogP contribution in [0.25, 0.3) is 0 Å². The smallest absolute Gasteiger partial charge is 0.234 e. The summed E-state index contributed by atoms with van der Waals surface area (Å²) in [6.07, 6.45) is 0.293. The number of carbonyl (C=O) groups excluding carboxylic acids is 1. The Bertz CT molecular complexity index is 211. The molecule has 0 saturated heterocycles. The molecule has 80 valence electrons. The fourth-order valence-corrected chi connectivity index (χ4v) is 0.925. The van der Waals surface area contributed by atoms with Gasteiger partial charge in [0.1, 0.15) is 6.54 Å². The van der Waals surface area contributed by atoms with Crippen molar-refractivity contribution in [2.45, 2.75) is 19.4 Å². The van der Waals surface area contributed by atoms with Crippen LogP contribution in [0.4, 0.5) is 0 Å². The van der Waals surface area contributed by atoms with Crippen molar-refractivity contribution < 1.29 is 9.90 Å². The van der Waals surface area contributed by atoms with Crippen LogP contribution in [-0.2, 0) is 4.79 Å². The van der Waals surface area contributed by atoms with E-state index in [1.165, 1.54) is 0 Å². The first kappa shape index (κ1) is 12.9. The second-order valence-electron chi connectivity index (χ2n) is 3.31. The summed E-state index contributed by atoms with van der Waals surface area (Å²) in [5, 5.41) is 19.7. The van der Waals surface area contributed by atoms with Crippen LogP contribution in [0.1, 0.15) is 13.3 Å². The highest BCUT2D eigenvalue weighted by atomic mass is 16.3. The summed E-state index contributed by atoms with van der Waals surface area (Å²) in [7, 11) is 1.80. The molecule has 5 heteroatoms. The maximum Gasteiger partial charge on any atom is 0.234 e. The number of nitriles is 1. The maximum absolute atomic E-state index is 11.1. The van der Waals surface area contributed by atoms with Gasteiger partial charge in [-0.1, -0.05) is 0 Å². The minimum absolute atomic E-state index is 0.0447. The van der Waals surface area contributed by atoms with E-state index < -0.39 is 0 Å². The number of hydrogen-bond donors (Lipinski definition) is 2. The third-order valence-corrected chi connectivity index (χ3v) is 1.71. The van der Waals surface area contributed by atoms with Crippen molar-refractivity contribution in [2.24, 2.45) is 0 Å². The second kappa shape index (κ2) is 7.30. The van der Waals surface area contributed by atoms with Gasteiger partial charge in [-0.2, -0.15) is 5.26 Å². The van der Waals surface area contributed by atoms with Crippen molar-refractivity contribution in [3.05, 3.63) is 0 Å². The lowest BCUT2D eigenvalue weighted by atomic mass is 10.3. The number of hydrogen-bond acceptors (Lipinski definition) is 4. The zero-order valence-corrected chi connectivity index (χ0v) is 8.66. The minimum atomic E-state index is -0.348. The summed E-state index contributed by atoms with van der Waals surface area (Å²) in [4.78, 5) is 12.9. The van der Waals surface area contributed by atoms with Crippen LogP contribution in [0.2, 0.25) is 0 Å². The highest BCUT2D eigenvalue weighted by Gasteiger charge is 2.06. The summed E-state index contributed by atoms with van der Waals surface area (Å²) in [6.45, 7) is 2.68. The summed E-state index contributed by atoms with van der Waals surface area (Å²) in [5.74, 6) is -0.167. The van der Waals surface area contributed by atoms with Gasteiger partial charge in [-0.05, 0) is 20.4 Å². The first-order valence-corrected chi connectivity index (χ1v) is 4.56. The van der Waals surface area contributed by atoms with Crippen LogP contribution < -0.4 is 5.32 Å². The Labute approximate surface area is 84.3 Å². The van der Waals surface area contributed by atoms with Gasteiger partial charge in [-0.3, -0.25) is 9.69 Å². The standard InChI is InChI=1S/C9H17N3O2/c1-8(13)3-6-12(2)7-9(14)11-5-4-10/h8,13H,3,5-7H2,1-2H3,(H,11,14). The number of nitrogens with zero attached hydrogens (tertiary/aromatic N) is 2. The van der Waals surface area contributed by atoms with Crippen molar-refractivity contribution in [1.82, 2.24) is 10.2 Å². The van der Waals surface area contributed by atoms with E-state index in [0.717, 1.165) is 0 Å². The fourth-order valence-electron chi connectivity index (χ4n) is 0.925. The van der Waals surface area contributed by atoms with E-state index in [1.54, 1.807) is 18.9 Å². The molecule has 0 aliphatic rings. The van der Waals surface area contributed by atoms with Crippen LogP contribution in [0.3, 0.4) is 0 Å². The lowest BCUT2D eigenvalue weighted by molar-refractivity contribution is -0.121. The van der Waals surface area contributed by atoms with Gasteiger partial charge in [-0.15, -0.1) is 0 Å². The minimum Gasteiger partial charge on any atom is -0.393 e. The molecule has 2 N–H and O–H groups in total. The van der Waals surface area contributed by atoms with Crippen LogP contribution in [0.15, 0.2) is 0 Å². The molecule has 0 heterocycles. The molecule has 0 radical (unpaired) electrons. The normalized spacial score (nSPS) is 12.2. The zero-order chi connectivity index (χ0) is 11.0. The Kier molecular flexibility index (Phi) is 6.72. The van der Waals surface area contributed by atoms with E-state index in [4.69, 9.17) is 10.4 Å². The van der Waals surface area contributed by atoms with Gasteiger partial charge < -0.3 is 10.4 Å². The Balaban J connectivity index is 3.56. The first-order valence-electron chi connectivity index (χ1n) is 4.56. The Morgan fingerprint density at radius 3 is 2.86 bits per heavy atom. The number of likely N-dealkylation sites (N-methyl/N-ethyl adjacent to an activating group) is 1. The summed E-state index contributed by atoms with van der Waals surface area (Å²) in [6, 6.07) is 1.83. The molecule has 0 rings (SSSR count). The van der Waals surface area contributed by atoms with Crippen LogP contribution >= 0.6 is 0 Å². The second-order valence-corrected chi connectivity index (χ2v) is 3.31. The summed E-state index contributed by atoms with van der Waals surface area (Å²) >= 11 is 0. The van der Waals surface area contributed by atoms with E-state index >= 15 is 0 Å². The Morgan fingerprint density at radius 1 is 1.71 bits per heavy atom. The van der Waals surface area contributed by atoms with Gasteiger partial charge in [0.15, 0.2) is 0 Å². The molecule has 0 fully saturated rings. The van der Waals surface area contributed by atoms with Crippen molar-refractivity contribution in [1.29, 1.82) is 5.26 Å². The van der Waals surface area contributed by atoms with E-state index in [2.05, 4.69) is 5.32 Å². The van der Waals surface area contributed by atoms with Gasteiger partial charge in [0.05, 0.1) is 18.7 Å². The molecule has 1 amide bonds. The number of aliphatic hydroxyl groups excluding tert-OH is 1. The third kappa shape index (κ3) is 7.53. The maximum atomic E-state index is 11.1. The molecule has 0 aliphatic carbocycles. The van der Waals surface area contributed by atoms with Crippen LogP contribution in [-0.4, -0.2) is 48.7 Å². The third-order valence-electron chi connectivity index (χ3n) is 1.71. The molecule has 5 nitrogen and oxygen atoms in total. The molecule has 1 unspecified atom stereocenters. The van der Waals surface area contributed by atoms with Gasteiger partial charge in [0.25, 0.3) is 0 Å². The highest BCUT2D eigenvalue weighted by molar-refractivity contribution is 5.78. The highest BCUT2D eigenvalue weighted by Crippen LogP contribution is 1.92.